The summed E-state index contributed by atoms with van der Waals surface area (Å²) in [6.45, 7) is 6.96. The van der Waals surface area contributed by atoms with Crippen LogP contribution in [0, 0.1) is 0 Å². The first-order valence-corrected chi connectivity index (χ1v) is 6.92. The van der Waals surface area contributed by atoms with Crippen LogP contribution < -0.4 is 0 Å². The molecule has 0 aromatic carbocycles. The van der Waals surface area contributed by atoms with Gasteiger partial charge in [0, 0.05) is 12.8 Å². The summed E-state index contributed by atoms with van der Waals surface area (Å²) >= 11 is 0. The zero-order valence-electron chi connectivity index (χ0n) is 12.5. The van der Waals surface area contributed by atoms with Crippen LogP contribution in [0.1, 0.15) is 26.7 Å². The minimum Gasteiger partial charge on any atom is -0.379 e. The third-order valence-electron chi connectivity index (χ3n) is 2.31. The highest BCUT2D eigenvalue weighted by Gasteiger charge is 1.95. The first-order chi connectivity index (χ1) is 9.63. The fraction of sp³-hybridized carbons (Fsp3) is 0.857. The highest BCUT2D eigenvalue weighted by atomic mass is 16.6. The highest BCUT2D eigenvalue weighted by molar-refractivity contribution is 5.75. The van der Waals surface area contributed by atoms with Gasteiger partial charge in [0.1, 0.15) is 11.6 Å². The molecule has 0 bridgehead atoms. The van der Waals surface area contributed by atoms with Gasteiger partial charge in [-0.05, 0) is 13.8 Å². The molecule has 0 N–H and O–H groups in total. The minimum absolute atomic E-state index is 0.129. The van der Waals surface area contributed by atoms with Gasteiger partial charge in [0.15, 0.2) is 0 Å². The molecule has 0 spiro atoms. The average molecular weight is 290 g/mol. The summed E-state index contributed by atoms with van der Waals surface area (Å²) in [5, 5.41) is 0. The number of carbonyl (C=O) groups excluding carboxylic acids is 2. The second kappa shape index (κ2) is 14.6. The average Bonchev–Trinajstić information content (AvgIpc) is 2.38. The van der Waals surface area contributed by atoms with Crippen molar-refractivity contribution in [1.29, 1.82) is 0 Å². The second-order valence-corrected chi connectivity index (χ2v) is 4.35. The molecular weight excluding hydrogens is 264 g/mol. The first-order valence-electron chi connectivity index (χ1n) is 6.92. The van der Waals surface area contributed by atoms with Gasteiger partial charge in [-0.2, -0.15) is 0 Å². The quantitative estimate of drug-likeness (QED) is 0.419. The van der Waals surface area contributed by atoms with Gasteiger partial charge in [0.05, 0.1) is 52.9 Å². The number of ketones is 2. The Morgan fingerprint density at radius 1 is 0.550 bits per heavy atom. The van der Waals surface area contributed by atoms with Gasteiger partial charge in [-0.3, -0.25) is 9.59 Å². The number of ether oxygens (including phenoxy) is 4. The zero-order valence-corrected chi connectivity index (χ0v) is 12.5. The van der Waals surface area contributed by atoms with E-state index in [0.717, 1.165) is 0 Å². The van der Waals surface area contributed by atoms with Gasteiger partial charge in [-0.15, -0.1) is 0 Å². The number of hydrogen-bond acceptors (Lipinski definition) is 6. The summed E-state index contributed by atoms with van der Waals surface area (Å²) in [4.78, 5) is 21.2. The molecule has 0 amide bonds. The SMILES string of the molecule is CC(=O)CCOCCOCCOCCOCCC(C)=O. The Bertz CT molecular complexity index is 228. The van der Waals surface area contributed by atoms with Gasteiger partial charge in [0.25, 0.3) is 0 Å². The summed E-state index contributed by atoms with van der Waals surface area (Å²) in [6, 6.07) is 0. The maximum absolute atomic E-state index is 10.6. The lowest BCUT2D eigenvalue weighted by molar-refractivity contribution is -0.119. The van der Waals surface area contributed by atoms with E-state index in [2.05, 4.69) is 0 Å². The number of carbonyl (C=O) groups is 2. The van der Waals surface area contributed by atoms with Gasteiger partial charge in [-0.1, -0.05) is 0 Å². The Balaban J connectivity index is 2.99. The van der Waals surface area contributed by atoms with Crippen molar-refractivity contribution in [2.45, 2.75) is 26.7 Å². The normalized spacial score (nSPS) is 10.7. The van der Waals surface area contributed by atoms with Crippen molar-refractivity contribution >= 4 is 11.6 Å². The molecule has 0 fully saturated rings. The summed E-state index contributed by atoms with van der Waals surface area (Å²) in [7, 11) is 0. The molecule has 0 radical (unpaired) electrons. The zero-order chi connectivity index (χ0) is 15.1. The molecule has 0 saturated carbocycles. The van der Waals surface area contributed by atoms with Crippen molar-refractivity contribution in [3.8, 4) is 0 Å². The number of hydrogen-bond donors (Lipinski definition) is 0. The molecule has 0 heterocycles. The standard InChI is InChI=1S/C14H26O6/c1-13(15)3-5-17-7-9-19-11-12-20-10-8-18-6-4-14(2)16/h3-12H2,1-2H3. The van der Waals surface area contributed by atoms with Crippen LogP contribution in [-0.4, -0.2) is 64.4 Å². The molecule has 0 aliphatic rings. The van der Waals surface area contributed by atoms with E-state index in [1.165, 1.54) is 0 Å². The van der Waals surface area contributed by atoms with Gasteiger partial charge >= 0.3 is 0 Å². The van der Waals surface area contributed by atoms with Gasteiger partial charge in [0.2, 0.25) is 0 Å². The molecule has 0 atom stereocenters. The fourth-order valence-corrected chi connectivity index (χ4v) is 1.19. The van der Waals surface area contributed by atoms with Gasteiger partial charge < -0.3 is 18.9 Å². The van der Waals surface area contributed by atoms with E-state index in [9.17, 15) is 9.59 Å². The van der Waals surface area contributed by atoms with Crippen LogP contribution in [0.5, 0.6) is 0 Å². The molecule has 6 nitrogen and oxygen atoms in total. The Hall–Kier alpha value is -0.820. The third-order valence-corrected chi connectivity index (χ3v) is 2.31. The van der Waals surface area contributed by atoms with Crippen molar-refractivity contribution in [3.63, 3.8) is 0 Å². The van der Waals surface area contributed by atoms with Crippen molar-refractivity contribution in [2.24, 2.45) is 0 Å². The summed E-state index contributed by atoms with van der Waals surface area (Å²) in [5.74, 6) is 0.259. The molecule has 0 saturated heterocycles. The maximum Gasteiger partial charge on any atom is 0.132 e. The summed E-state index contributed by atoms with van der Waals surface area (Å²) < 4.78 is 21.0. The van der Waals surface area contributed by atoms with Crippen LogP contribution in [-0.2, 0) is 28.5 Å². The molecule has 0 rings (SSSR count). The van der Waals surface area contributed by atoms with E-state index in [1.54, 1.807) is 13.8 Å². The Kier molecular flexibility index (Phi) is 14.0. The van der Waals surface area contributed by atoms with E-state index < -0.39 is 0 Å². The lowest BCUT2D eigenvalue weighted by atomic mass is 10.3. The monoisotopic (exact) mass is 290 g/mol. The molecule has 0 aliphatic carbocycles. The molecular formula is C14H26O6. The molecule has 0 aromatic rings. The number of rotatable bonds is 15. The first kappa shape index (κ1) is 19.2. The second-order valence-electron chi connectivity index (χ2n) is 4.35. The molecule has 20 heavy (non-hydrogen) atoms. The maximum atomic E-state index is 10.6. The predicted octanol–water partition coefficient (Wildman–Crippen LogP) is 1.01. The van der Waals surface area contributed by atoms with Gasteiger partial charge in [-0.25, -0.2) is 0 Å². The third kappa shape index (κ3) is 17.2. The van der Waals surface area contributed by atoms with Crippen LogP contribution >= 0.6 is 0 Å². The van der Waals surface area contributed by atoms with Crippen LogP contribution in [0.15, 0.2) is 0 Å². The molecule has 6 heteroatoms. The van der Waals surface area contributed by atoms with Crippen molar-refractivity contribution in [2.75, 3.05) is 52.9 Å². The Morgan fingerprint density at radius 3 is 1.05 bits per heavy atom. The van der Waals surface area contributed by atoms with E-state index in [-0.39, 0.29) is 11.6 Å². The molecule has 0 unspecified atom stereocenters. The number of Topliss-reactive ketones (excluding diaryl/α,β-unsaturated/α-hetero) is 2. The Morgan fingerprint density at radius 2 is 0.800 bits per heavy atom. The van der Waals surface area contributed by atoms with Crippen LogP contribution in [0.25, 0.3) is 0 Å². The van der Waals surface area contributed by atoms with Crippen LogP contribution in [0.2, 0.25) is 0 Å². The largest absolute Gasteiger partial charge is 0.379 e. The van der Waals surface area contributed by atoms with E-state index in [1.807, 2.05) is 0 Å². The smallest absolute Gasteiger partial charge is 0.132 e. The van der Waals surface area contributed by atoms with E-state index >= 15 is 0 Å². The molecule has 118 valence electrons. The molecule has 0 aliphatic heterocycles. The predicted molar refractivity (Wildman–Crippen MR) is 73.9 cm³/mol. The Labute approximate surface area is 120 Å². The highest BCUT2D eigenvalue weighted by Crippen LogP contribution is 1.87. The lowest BCUT2D eigenvalue weighted by Crippen LogP contribution is -2.13. The topological polar surface area (TPSA) is 71.1 Å². The van der Waals surface area contributed by atoms with Crippen molar-refractivity contribution in [3.05, 3.63) is 0 Å². The van der Waals surface area contributed by atoms with E-state index in [4.69, 9.17) is 18.9 Å². The van der Waals surface area contributed by atoms with E-state index in [0.29, 0.717) is 65.7 Å². The molecule has 0 aromatic heterocycles. The fourth-order valence-electron chi connectivity index (χ4n) is 1.19. The summed E-state index contributed by atoms with van der Waals surface area (Å²) in [6.07, 6.45) is 0.902. The van der Waals surface area contributed by atoms with Crippen molar-refractivity contribution < 1.29 is 28.5 Å². The minimum atomic E-state index is 0.129. The van der Waals surface area contributed by atoms with Crippen LogP contribution in [0.3, 0.4) is 0 Å². The van der Waals surface area contributed by atoms with Crippen molar-refractivity contribution in [1.82, 2.24) is 0 Å². The lowest BCUT2D eigenvalue weighted by Gasteiger charge is -2.07. The van der Waals surface area contributed by atoms with Crippen LogP contribution in [0.4, 0.5) is 0 Å². The summed E-state index contributed by atoms with van der Waals surface area (Å²) in [5.41, 5.74) is 0.